The van der Waals surface area contributed by atoms with Crippen LogP contribution in [-0.4, -0.2) is 49.0 Å². The van der Waals surface area contributed by atoms with Gasteiger partial charge in [0.2, 0.25) is 0 Å². The fraction of sp³-hybridized carbons (Fsp3) is 0.393. The molecule has 1 amide bonds. The van der Waals surface area contributed by atoms with Crippen molar-refractivity contribution in [3.63, 3.8) is 0 Å². The quantitative estimate of drug-likeness (QED) is 0.486. The monoisotopic (exact) mass is 523 g/mol. The Bertz CT molecular complexity index is 1320. The molecule has 8 nitrogen and oxygen atoms in total. The molecule has 0 atom stereocenters. The van der Waals surface area contributed by atoms with Crippen LogP contribution in [0.15, 0.2) is 64.1 Å². The molecule has 37 heavy (non-hydrogen) atoms. The molecule has 0 bridgehead atoms. The van der Waals surface area contributed by atoms with Crippen LogP contribution in [0.2, 0.25) is 0 Å². The summed E-state index contributed by atoms with van der Waals surface area (Å²) in [7, 11) is -3.25. The Hall–Kier alpha value is -3.46. The molecule has 1 fully saturated rings. The van der Waals surface area contributed by atoms with Crippen LogP contribution >= 0.6 is 0 Å². The summed E-state index contributed by atoms with van der Waals surface area (Å²) in [6.07, 6.45) is 6.62. The van der Waals surface area contributed by atoms with Crippen molar-refractivity contribution >= 4 is 33.1 Å². The Morgan fingerprint density at radius 3 is 2.11 bits per heavy atom. The predicted molar refractivity (Wildman–Crippen MR) is 143 cm³/mol. The van der Waals surface area contributed by atoms with Crippen LogP contribution in [-0.2, 0) is 19.4 Å². The van der Waals surface area contributed by atoms with Gasteiger partial charge in [-0.05, 0) is 54.0 Å². The zero-order valence-electron chi connectivity index (χ0n) is 21.2. The van der Waals surface area contributed by atoms with Crippen molar-refractivity contribution in [2.45, 2.75) is 56.8 Å². The first kappa shape index (κ1) is 26.6. The summed E-state index contributed by atoms with van der Waals surface area (Å²) >= 11 is 0. The van der Waals surface area contributed by atoms with E-state index in [2.05, 4.69) is 10.4 Å². The fourth-order valence-corrected chi connectivity index (χ4v) is 5.61. The van der Waals surface area contributed by atoms with Crippen molar-refractivity contribution < 1.29 is 23.1 Å². The molecule has 1 aliphatic carbocycles. The Balaban J connectivity index is 1.66. The summed E-state index contributed by atoms with van der Waals surface area (Å²) in [5, 5.41) is 18.3. The maximum atomic E-state index is 13.7. The highest BCUT2D eigenvalue weighted by Crippen LogP contribution is 2.36. The van der Waals surface area contributed by atoms with E-state index < -0.39 is 15.8 Å². The van der Waals surface area contributed by atoms with Crippen LogP contribution in [0.25, 0.3) is 16.8 Å². The summed E-state index contributed by atoms with van der Waals surface area (Å²) in [6, 6.07) is 14.7. The highest BCUT2D eigenvalue weighted by Gasteiger charge is 2.34. The number of carbonyl (C=O) groups excluding carboxylic acids is 1. The summed E-state index contributed by atoms with van der Waals surface area (Å²) in [5.74, 6) is -1.01. The number of hydrogen-bond donors (Lipinski definition) is 2. The first-order valence-electron chi connectivity index (χ1n) is 12.7. The van der Waals surface area contributed by atoms with E-state index in [-0.39, 0.29) is 29.8 Å². The van der Waals surface area contributed by atoms with Crippen molar-refractivity contribution in [2.24, 2.45) is 11.0 Å². The smallest absolute Gasteiger partial charge is 0.309 e. The molecule has 0 unspecified atom stereocenters. The highest BCUT2D eigenvalue weighted by atomic mass is 32.2. The zero-order chi connectivity index (χ0) is 26.6. The van der Waals surface area contributed by atoms with Gasteiger partial charge in [-0.25, -0.2) is 13.4 Å². The topological polar surface area (TPSA) is 116 Å². The van der Waals surface area contributed by atoms with Gasteiger partial charge < -0.3 is 10.4 Å². The molecule has 1 heterocycles. The third-order valence-corrected chi connectivity index (χ3v) is 8.10. The van der Waals surface area contributed by atoms with Crippen molar-refractivity contribution in [2.75, 3.05) is 12.9 Å². The van der Waals surface area contributed by atoms with Gasteiger partial charge in [-0.2, -0.15) is 5.10 Å². The van der Waals surface area contributed by atoms with Crippen LogP contribution in [0.5, 0.6) is 0 Å². The van der Waals surface area contributed by atoms with E-state index in [1.165, 1.54) is 11.3 Å². The minimum atomic E-state index is -3.25. The van der Waals surface area contributed by atoms with Gasteiger partial charge in [0.1, 0.15) is 6.67 Å². The standard InChI is InChI=1S/C28H33N3O5S/c1-3-23(17-25(32)33)30-31-18-29-27(26(28(31)34)21-7-5-4-6-8-21)22-11-9-19(10-12-22)20-13-15-24(16-14-20)37(2,35)36/h9-16,21,29H,3-8,17-18H2,1-2H3,(H,32,33)/b30-23+. The summed E-state index contributed by atoms with van der Waals surface area (Å²) in [6.45, 7) is 2.01. The van der Waals surface area contributed by atoms with Crippen LogP contribution in [0.4, 0.5) is 0 Å². The maximum absolute atomic E-state index is 13.7. The summed E-state index contributed by atoms with van der Waals surface area (Å²) in [4.78, 5) is 25.1. The van der Waals surface area contributed by atoms with Gasteiger partial charge in [0, 0.05) is 17.5 Å². The molecule has 0 saturated heterocycles. The van der Waals surface area contributed by atoms with E-state index in [1.54, 1.807) is 24.3 Å². The number of nitrogens with one attached hydrogen (secondary N) is 1. The molecule has 9 heteroatoms. The van der Waals surface area contributed by atoms with Gasteiger partial charge in [0.15, 0.2) is 9.84 Å². The summed E-state index contributed by atoms with van der Waals surface area (Å²) in [5.41, 5.74) is 4.72. The van der Waals surface area contributed by atoms with Crippen LogP contribution in [0.3, 0.4) is 0 Å². The molecule has 196 valence electrons. The second kappa shape index (κ2) is 11.3. The normalized spacial score (nSPS) is 17.6. The van der Waals surface area contributed by atoms with E-state index in [0.29, 0.717) is 17.7 Å². The lowest BCUT2D eigenvalue weighted by Crippen LogP contribution is -2.44. The Labute approximate surface area is 218 Å². The van der Waals surface area contributed by atoms with Gasteiger partial charge in [0.25, 0.3) is 5.91 Å². The van der Waals surface area contributed by atoms with E-state index in [1.807, 2.05) is 31.2 Å². The number of hydrogen-bond acceptors (Lipinski definition) is 6. The van der Waals surface area contributed by atoms with Gasteiger partial charge in [-0.1, -0.05) is 62.6 Å². The first-order chi connectivity index (χ1) is 17.7. The molecule has 0 radical (unpaired) electrons. The van der Waals surface area contributed by atoms with Crippen LogP contribution < -0.4 is 5.32 Å². The zero-order valence-corrected chi connectivity index (χ0v) is 22.1. The number of nitrogens with zero attached hydrogens (tertiary/aromatic N) is 2. The van der Waals surface area contributed by atoms with E-state index in [0.717, 1.165) is 54.5 Å². The molecule has 4 rings (SSSR count). The highest BCUT2D eigenvalue weighted by molar-refractivity contribution is 7.90. The average molecular weight is 524 g/mol. The molecule has 2 aliphatic rings. The van der Waals surface area contributed by atoms with Gasteiger partial charge >= 0.3 is 5.97 Å². The van der Waals surface area contributed by atoms with Gasteiger partial charge in [-0.15, -0.1) is 0 Å². The first-order valence-corrected chi connectivity index (χ1v) is 14.6. The van der Waals surface area contributed by atoms with Gasteiger partial charge in [-0.3, -0.25) is 9.59 Å². The molecule has 0 spiro atoms. The van der Waals surface area contributed by atoms with Crippen molar-refractivity contribution in [3.05, 3.63) is 59.7 Å². The van der Waals surface area contributed by atoms with Crippen LogP contribution in [0.1, 0.15) is 57.4 Å². The maximum Gasteiger partial charge on any atom is 0.309 e. The molecule has 0 aromatic heterocycles. The number of carboxylic acids is 1. The lowest BCUT2D eigenvalue weighted by atomic mass is 9.81. The van der Waals surface area contributed by atoms with Crippen LogP contribution in [0, 0.1) is 5.92 Å². The number of sulfone groups is 1. The van der Waals surface area contributed by atoms with E-state index >= 15 is 0 Å². The second-order valence-electron chi connectivity index (χ2n) is 9.63. The second-order valence-corrected chi connectivity index (χ2v) is 11.6. The SMILES string of the molecule is CC/C(CC(=O)O)=N\N1CNC(c2ccc(-c3ccc(S(C)(=O)=O)cc3)cc2)=C(C2CCCCC2)C1=O. The third kappa shape index (κ3) is 6.28. The number of carbonyl (C=O) groups is 2. The van der Waals surface area contributed by atoms with Gasteiger partial charge in [0.05, 0.1) is 17.0 Å². The van der Waals surface area contributed by atoms with Crippen molar-refractivity contribution in [1.29, 1.82) is 0 Å². The predicted octanol–water partition coefficient (Wildman–Crippen LogP) is 4.68. The molecule has 2 aromatic rings. The Morgan fingerprint density at radius 1 is 1.00 bits per heavy atom. The number of aliphatic carboxylic acids is 1. The Kier molecular flexibility index (Phi) is 8.12. The molecule has 2 aromatic carbocycles. The molecule has 2 N–H and O–H groups in total. The lowest BCUT2D eigenvalue weighted by Gasteiger charge is -2.34. The third-order valence-electron chi connectivity index (χ3n) is 6.97. The number of hydrazone groups is 1. The van der Waals surface area contributed by atoms with Crippen molar-refractivity contribution in [3.8, 4) is 11.1 Å². The molecular weight excluding hydrogens is 490 g/mol. The lowest BCUT2D eigenvalue weighted by molar-refractivity contribution is -0.135. The number of amides is 1. The molecule has 1 saturated carbocycles. The summed E-state index contributed by atoms with van der Waals surface area (Å²) < 4.78 is 23.5. The molecule has 1 aliphatic heterocycles. The average Bonchev–Trinajstić information content (AvgIpc) is 2.89. The number of carboxylic acid groups (broad SMARTS) is 1. The minimum Gasteiger partial charge on any atom is -0.481 e. The van der Waals surface area contributed by atoms with Crippen molar-refractivity contribution in [1.82, 2.24) is 10.3 Å². The van der Waals surface area contributed by atoms with E-state index in [9.17, 15) is 23.1 Å². The number of benzene rings is 2. The van der Waals surface area contributed by atoms with E-state index in [4.69, 9.17) is 0 Å². The largest absolute Gasteiger partial charge is 0.481 e. The molecular formula is C28H33N3O5S. The number of rotatable bonds is 8. The Morgan fingerprint density at radius 2 is 1.57 bits per heavy atom. The minimum absolute atomic E-state index is 0.120. The fourth-order valence-electron chi connectivity index (χ4n) is 4.98.